The second-order valence-corrected chi connectivity index (χ2v) is 8.97. The molecule has 27 heavy (non-hydrogen) atoms. The molecule has 0 aromatic heterocycles. The minimum Gasteiger partial charge on any atom is -0.459 e. The van der Waals surface area contributed by atoms with Gasteiger partial charge in [0.15, 0.2) is 6.61 Å². The normalized spacial score (nSPS) is 29.0. The number of ether oxygens (including phenoxy) is 1. The number of hydrogen-bond donors (Lipinski definition) is 0. The van der Waals surface area contributed by atoms with Gasteiger partial charge in [-0.15, -0.1) is 0 Å². The summed E-state index contributed by atoms with van der Waals surface area (Å²) in [4.78, 5) is 11.9. The molecule has 0 aliphatic heterocycles. The number of halogens is 2. The summed E-state index contributed by atoms with van der Waals surface area (Å²) in [6.07, 6.45) is 16.5. The standard InChI is InChI=1S/C23H40F2O2/c1-2-3-4-5-6-7-8-18-9-11-19(12-10-18)20-13-15-21(16-14-20)23(26)27-17-22(24)25/h18-22H,2-17H2,1H3/t18-,19-,20-,21-. The molecule has 2 aliphatic rings. The summed E-state index contributed by atoms with van der Waals surface area (Å²) in [7, 11) is 0. The molecule has 0 spiro atoms. The number of alkyl halides is 2. The molecule has 158 valence electrons. The predicted molar refractivity (Wildman–Crippen MR) is 106 cm³/mol. The first kappa shape index (κ1) is 22.6. The van der Waals surface area contributed by atoms with Crippen molar-refractivity contribution < 1.29 is 18.3 Å². The van der Waals surface area contributed by atoms with E-state index in [1.54, 1.807) is 0 Å². The molecular formula is C23H40F2O2. The van der Waals surface area contributed by atoms with Gasteiger partial charge in [-0.1, -0.05) is 64.7 Å². The molecule has 0 heterocycles. The van der Waals surface area contributed by atoms with Crippen LogP contribution in [0.2, 0.25) is 0 Å². The van der Waals surface area contributed by atoms with Crippen LogP contribution in [0.4, 0.5) is 8.78 Å². The zero-order valence-electron chi connectivity index (χ0n) is 17.3. The van der Waals surface area contributed by atoms with Crippen molar-refractivity contribution in [1.82, 2.24) is 0 Å². The van der Waals surface area contributed by atoms with Crippen molar-refractivity contribution in [3.63, 3.8) is 0 Å². The molecule has 2 rings (SSSR count). The zero-order valence-corrected chi connectivity index (χ0v) is 17.3. The summed E-state index contributed by atoms with van der Waals surface area (Å²) in [6.45, 7) is 1.52. The Balaban J connectivity index is 1.56. The number of esters is 1. The Morgan fingerprint density at radius 2 is 1.41 bits per heavy atom. The van der Waals surface area contributed by atoms with E-state index in [-0.39, 0.29) is 5.92 Å². The molecule has 2 fully saturated rings. The van der Waals surface area contributed by atoms with Crippen LogP contribution in [0.15, 0.2) is 0 Å². The van der Waals surface area contributed by atoms with Gasteiger partial charge in [0, 0.05) is 0 Å². The molecule has 0 atom stereocenters. The number of unbranched alkanes of at least 4 members (excludes halogenated alkanes) is 5. The molecule has 2 saturated carbocycles. The van der Waals surface area contributed by atoms with E-state index in [0.29, 0.717) is 0 Å². The van der Waals surface area contributed by atoms with Crippen LogP contribution in [-0.2, 0) is 9.53 Å². The molecule has 0 aromatic carbocycles. The average Bonchev–Trinajstić information content (AvgIpc) is 2.69. The van der Waals surface area contributed by atoms with Crippen LogP contribution in [0.1, 0.15) is 103 Å². The summed E-state index contributed by atoms with van der Waals surface area (Å²) in [5.41, 5.74) is 0. The lowest BCUT2D eigenvalue weighted by atomic mass is 9.68. The van der Waals surface area contributed by atoms with Crippen molar-refractivity contribution in [1.29, 1.82) is 0 Å². The minimum absolute atomic E-state index is 0.149. The Morgan fingerprint density at radius 3 is 2.00 bits per heavy atom. The van der Waals surface area contributed by atoms with E-state index >= 15 is 0 Å². The smallest absolute Gasteiger partial charge is 0.309 e. The molecule has 0 N–H and O–H groups in total. The Kier molecular flexibility index (Phi) is 10.7. The highest BCUT2D eigenvalue weighted by Crippen LogP contribution is 2.42. The van der Waals surface area contributed by atoms with E-state index in [1.165, 1.54) is 70.6 Å². The van der Waals surface area contributed by atoms with Gasteiger partial charge in [-0.3, -0.25) is 4.79 Å². The molecule has 0 saturated heterocycles. The number of rotatable bonds is 11. The Hall–Kier alpha value is -0.670. The van der Waals surface area contributed by atoms with Gasteiger partial charge in [-0.25, -0.2) is 8.78 Å². The van der Waals surface area contributed by atoms with Crippen LogP contribution in [0.5, 0.6) is 0 Å². The molecular weight excluding hydrogens is 346 g/mol. The van der Waals surface area contributed by atoms with E-state index in [1.807, 2.05) is 0 Å². The van der Waals surface area contributed by atoms with Crippen molar-refractivity contribution in [3.8, 4) is 0 Å². The molecule has 0 radical (unpaired) electrons. The fourth-order valence-corrected chi connectivity index (χ4v) is 5.25. The molecule has 2 nitrogen and oxygen atoms in total. The number of hydrogen-bond acceptors (Lipinski definition) is 2. The van der Waals surface area contributed by atoms with E-state index in [0.717, 1.165) is 43.4 Å². The Labute approximate surface area is 164 Å². The maximum atomic E-state index is 12.2. The van der Waals surface area contributed by atoms with E-state index in [4.69, 9.17) is 4.74 Å². The molecule has 0 amide bonds. The van der Waals surface area contributed by atoms with Crippen LogP contribution in [0.25, 0.3) is 0 Å². The summed E-state index contributed by atoms with van der Waals surface area (Å²) in [5, 5.41) is 0. The highest BCUT2D eigenvalue weighted by molar-refractivity contribution is 5.72. The average molecular weight is 387 g/mol. The second kappa shape index (κ2) is 12.7. The monoisotopic (exact) mass is 386 g/mol. The lowest BCUT2D eigenvalue weighted by Gasteiger charge is -2.37. The van der Waals surface area contributed by atoms with Crippen LogP contribution in [0.3, 0.4) is 0 Å². The summed E-state index contributed by atoms with van der Waals surface area (Å²) < 4.78 is 29.1. The van der Waals surface area contributed by atoms with Crippen molar-refractivity contribution in [2.75, 3.05) is 6.61 Å². The number of carbonyl (C=O) groups excluding carboxylic acids is 1. The van der Waals surface area contributed by atoms with Gasteiger partial charge >= 0.3 is 5.97 Å². The first-order chi connectivity index (χ1) is 13.1. The van der Waals surface area contributed by atoms with E-state index in [2.05, 4.69) is 6.92 Å². The van der Waals surface area contributed by atoms with Gasteiger partial charge in [0.05, 0.1) is 5.92 Å². The van der Waals surface area contributed by atoms with Gasteiger partial charge in [-0.05, 0) is 56.3 Å². The third-order valence-corrected chi connectivity index (χ3v) is 6.98. The summed E-state index contributed by atoms with van der Waals surface area (Å²) in [6, 6.07) is 0. The first-order valence-corrected chi connectivity index (χ1v) is 11.5. The lowest BCUT2D eigenvalue weighted by molar-refractivity contribution is -0.154. The SMILES string of the molecule is CCCCCCCC[C@H]1CC[C@H]([C@H]2CC[C@H](C(=O)OCC(F)F)CC2)CC1. The quantitative estimate of drug-likeness (QED) is 0.278. The zero-order chi connectivity index (χ0) is 19.5. The second-order valence-electron chi connectivity index (χ2n) is 8.97. The Bertz CT molecular complexity index is 397. The van der Waals surface area contributed by atoms with Crippen molar-refractivity contribution in [2.24, 2.45) is 23.7 Å². The Morgan fingerprint density at radius 1 is 0.852 bits per heavy atom. The lowest BCUT2D eigenvalue weighted by Crippen LogP contribution is -2.29. The van der Waals surface area contributed by atoms with Gasteiger partial charge in [0.25, 0.3) is 6.43 Å². The summed E-state index contributed by atoms with van der Waals surface area (Å²) >= 11 is 0. The van der Waals surface area contributed by atoms with Crippen LogP contribution in [-0.4, -0.2) is 19.0 Å². The van der Waals surface area contributed by atoms with Crippen LogP contribution in [0, 0.1) is 23.7 Å². The number of carbonyl (C=O) groups is 1. The fraction of sp³-hybridized carbons (Fsp3) is 0.957. The molecule has 0 unspecified atom stereocenters. The van der Waals surface area contributed by atoms with Gasteiger partial charge in [0.1, 0.15) is 0 Å². The fourth-order valence-electron chi connectivity index (χ4n) is 5.25. The highest BCUT2D eigenvalue weighted by atomic mass is 19.3. The van der Waals surface area contributed by atoms with E-state index in [9.17, 15) is 13.6 Å². The first-order valence-electron chi connectivity index (χ1n) is 11.5. The van der Waals surface area contributed by atoms with Crippen LogP contribution < -0.4 is 0 Å². The highest BCUT2D eigenvalue weighted by Gasteiger charge is 2.33. The summed E-state index contributed by atoms with van der Waals surface area (Å²) in [5.74, 6) is 1.94. The van der Waals surface area contributed by atoms with Crippen molar-refractivity contribution >= 4 is 5.97 Å². The van der Waals surface area contributed by atoms with Gasteiger partial charge < -0.3 is 4.74 Å². The third-order valence-electron chi connectivity index (χ3n) is 6.98. The van der Waals surface area contributed by atoms with Crippen molar-refractivity contribution in [2.45, 2.75) is 110 Å². The maximum Gasteiger partial charge on any atom is 0.309 e. The maximum absolute atomic E-state index is 12.2. The van der Waals surface area contributed by atoms with E-state index < -0.39 is 19.0 Å². The largest absolute Gasteiger partial charge is 0.459 e. The predicted octanol–water partition coefficient (Wildman–Crippen LogP) is 7.16. The molecule has 2 aliphatic carbocycles. The third kappa shape index (κ3) is 8.48. The van der Waals surface area contributed by atoms with Crippen molar-refractivity contribution in [3.05, 3.63) is 0 Å². The van der Waals surface area contributed by atoms with Crippen LogP contribution >= 0.6 is 0 Å². The molecule has 4 heteroatoms. The molecule has 0 bridgehead atoms. The topological polar surface area (TPSA) is 26.3 Å². The van der Waals surface area contributed by atoms with Gasteiger partial charge in [-0.2, -0.15) is 0 Å². The van der Waals surface area contributed by atoms with Gasteiger partial charge in [0.2, 0.25) is 0 Å². The molecule has 0 aromatic rings. The minimum atomic E-state index is -2.56.